The van der Waals surface area contributed by atoms with Crippen LogP contribution in [0.5, 0.6) is 0 Å². The summed E-state index contributed by atoms with van der Waals surface area (Å²) in [7, 11) is 3.71. The van der Waals surface area contributed by atoms with Crippen molar-refractivity contribution in [2.75, 3.05) is 45.3 Å². The third-order valence-corrected chi connectivity index (χ3v) is 4.07. The molecule has 1 saturated heterocycles. The molecule has 116 valence electrons. The average molecular weight is 291 g/mol. The molecule has 0 spiro atoms. The van der Waals surface area contributed by atoms with Crippen molar-refractivity contribution in [2.45, 2.75) is 19.8 Å². The molecule has 1 aliphatic heterocycles. The Morgan fingerprint density at radius 3 is 2.95 bits per heavy atom. The molecule has 0 saturated carbocycles. The van der Waals surface area contributed by atoms with Crippen LogP contribution in [0.15, 0.2) is 18.3 Å². The van der Waals surface area contributed by atoms with Crippen LogP contribution in [0.2, 0.25) is 0 Å². The number of hydrogen-bond donors (Lipinski definition) is 0. The van der Waals surface area contributed by atoms with Crippen molar-refractivity contribution >= 4 is 11.7 Å². The summed E-state index contributed by atoms with van der Waals surface area (Å²) in [4.78, 5) is 20.9. The number of piperidine rings is 1. The Labute approximate surface area is 126 Å². The van der Waals surface area contributed by atoms with Crippen molar-refractivity contribution in [1.82, 2.24) is 9.88 Å². The SMILES string of the molecule is CCN(C)c1ccc(C(=O)N2CCC[C@@H](COC)C2)cn1. The Morgan fingerprint density at radius 1 is 1.52 bits per heavy atom. The predicted molar refractivity (Wildman–Crippen MR) is 83.7 cm³/mol. The highest BCUT2D eigenvalue weighted by Gasteiger charge is 2.24. The van der Waals surface area contributed by atoms with Crippen molar-refractivity contribution in [3.05, 3.63) is 23.9 Å². The van der Waals surface area contributed by atoms with Gasteiger partial charge in [0.2, 0.25) is 0 Å². The van der Waals surface area contributed by atoms with Crippen LogP contribution in [-0.4, -0.2) is 56.2 Å². The van der Waals surface area contributed by atoms with E-state index in [1.54, 1.807) is 13.3 Å². The standard InChI is InChI=1S/C16H25N3O2/c1-4-18(2)15-8-7-14(10-17-15)16(20)19-9-5-6-13(11-19)12-21-3/h7-8,10,13H,4-6,9,11-12H2,1-3H3/t13-/m1/s1. The van der Waals surface area contributed by atoms with Crippen molar-refractivity contribution in [3.8, 4) is 0 Å². The fraction of sp³-hybridized carbons (Fsp3) is 0.625. The lowest BCUT2D eigenvalue weighted by Crippen LogP contribution is -2.41. The quantitative estimate of drug-likeness (QED) is 0.833. The van der Waals surface area contributed by atoms with Gasteiger partial charge in [-0.2, -0.15) is 0 Å². The summed E-state index contributed by atoms with van der Waals surface area (Å²) in [6, 6.07) is 3.78. The van der Waals surface area contributed by atoms with Crippen molar-refractivity contribution in [2.24, 2.45) is 5.92 Å². The molecule has 2 rings (SSSR count). The number of anilines is 1. The number of aromatic nitrogens is 1. The van der Waals surface area contributed by atoms with Gasteiger partial charge in [0.25, 0.3) is 5.91 Å². The molecule has 1 fully saturated rings. The van der Waals surface area contributed by atoms with Gasteiger partial charge in [0, 0.05) is 40.0 Å². The minimum Gasteiger partial charge on any atom is -0.384 e. The first-order valence-corrected chi connectivity index (χ1v) is 7.61. The maximum atomic E-state index is 12.5. The summed E-state index contributed by atoms with van der Waals surface area (Å²) in [5.74, 6) is 1.42. The summed E-state index contributed by atoms with van der Waals surface area (Å²) in [5, 5.41) is 0. The number of carbonyl (C=O) groups excluding carboxylic acids is 1. The highest BCUT2D eigenvalue weighted by molar-refractivity contribution is 5.94. The largest absolute Gasteiger partial charge is 0.384 e. The van der Waals surface area contributed by atoms with Gasteiger partial charge in [-0.15, -0.1) is 0 Å². The number of likely N-dealkylation sites (tertiary alicyclic amines) is 1. The molecule has 5 heteroatoms. The van der Waals surface area contributed by atoms with Crippen LogP contribution < -0.4 is 4.90 Å². The van der Waals surface area contributed by atoms with Gasteiger partial charge in [-0.25, -0.2) is 4.98 Å². The molecule has 0 aromatic carbocycles. The monoisotopic (exact) mass is 291 g/mol. The summed E-state index contributed by atoms with van der Waals surface area (Å²) in [5.41, 5.74) is 0.668. The van der Waals surface area contributed by atoms with Crippen LogP contribution in [0.25, 0.3) is 0 Å². The molecule has 2 heterocycles. The number of rotatable bonds is 5. The molecule has 1 aromatic rings. The van der Waals surface area contributed by atoms with E-state index in [1.807, 2.05) is 29.0 Å². The van der Waals surface area contributed by atoms with Crippen LogP contribution in [0.4, 0.5) is 5.82 Å². The van der Waals surface area contributed by atoms with Crippen molar-refractivity contribution in [1.29, 1.82) is 0 Å². The molecule has 1 atom stereocenters. The van der Waals surface area contributed by atoms with Crippen LogP contribution in [-0.2, 0) is 4.74 Å². The summed E-state index contributed by atoms with van der Waals surface area (Å²) < 4.78 is 5.21. The van der Waals surface area contributed by atoms with Gasteiger partial charge in [0.1, 0.15) is 5.82 Å². The number of amides is 1. The Hall–Kier alpha value is -1.62. The highest BCUT2D eigenvalue weighted by atomic mass is 16.5. The minimum absolute atomic E-state index is 0.0778. The molecular weight excluding hydrogens is 266 g/mol. The van der Waals surface area contributed by atoms with Crippen molar-refractivity contribution < 1.29 is 9.53 Å². The van der Waals surface area contributed by atoms with Gasteiger partial charge in [0.15, 0.2) is 0 Å². The molecule has 0 N–H and O–H groups in total. The van der Waals surface area contributed by atoms with E-state index < -0.39 is 0 Å². The van der Waals surface area contributed by atoms with Crippen LogP contribution in [0.1, 0.15) is 30.1 Å². The highest BCUT2D eigenvalue weighted by Crippen LogP contribution is 2.19. The van der Waals surface area contributed by atoms with E-state index in [-0.39, 0.29) is 5.91 Å². The molecule has 0 unspecified atom stereocenters. The van der Waals surface area contributed by atoms with E-state index in [2.05, 4.69) is 11.9 Å². The van der Waals surface area contributed by atoms with Gasteiger partial charge < -0.3 is 14.5 Å². The zero-order valence-electron chi connectivity index (χ0n) is 13.2. The van der Waals surface area contributed by atoms with Crippen LogP contribution in [0.3, 0.4) is 0 Å². The number of carbonyl (C=O) groups is 1. The van der Waals surface area contributed by atoms with Crippen LogP contribution >= 0.6 is 0 Å². The molecule has 0 radical (unpaired) electrons. The summed E-state index contributed by atoms with van der Waals surface area (Å²) in [6.45, 7) is 5.30. The van der Waals surface area contributed by atoms with Crippen LogP contribution in [0, 0.1) is 5.92 Å². The molecular formula is C16H25N3O2. The molecule has 1 aliphatic rings. The van der Waals surface area contributed by atoms with E-state index in [0.717, 1.165) is 44.9 Å². The fourth-order valence-corrected chi connectivity index (χ4v) is 2.70. The minimum atomic E-state index is 0.0778. The maximum absolute atomic E-state index is 12.5. The molecule has 5 nitrogen and oxygen atoms in total. The van der Waals surface area contributed by atoms with Gasteiger partial charge in [-0.1, -0.05) is 0 Å². The number of ether oxygens (including phenoxy) is 1. The summed E-state index contributed by atoms with van der Waals surface area (Å²) >= 11 is 0. The van der Waals surface area contributed by atoms with E-state index >= 15 is 0 Å². The lowest BCUT2D eigenvalue weighted by atomic mass is 9.98. The third-order valence-electron chi connectivity index (χ3n) is 4.07. The predicted octanol–water partition coefficient (Wildman–Crippen LogP) is 2.04. The number of methoxy groups -OCH3 is 1. The fourth-order valence-electron chi connectivity index (χ4n) is 2.70. The lowest BCUT2D eigenvalue weighted by molar-refractivity contribution is 0.0570. The smallest absolute Gasteiger partial charge is 0.255 e. The molecule has 0 aliphatic carbocycles. The molecule has 1 aromatic heterocycles. The second kappa shape index (κ2) is 7.41. The Bertz CT molecular complexity index is 459. The third kappa shape index (κ3) is 3.94. The number of pyridine rings is 1. The zero-order chi connectivity index (χ0) is 15.2. The normalized spacial score (nSPS) is 18.6. The van der Waals surface area contributed by atoms with Crippen molar-refractivity contribution in [3.63, 3.8) is 0 Å². The van der Waals surface area contributed by atoms with E-state index in [1.165, 1.54) is 0 Å². The topological polar surface area (TPSA) is 45.7 Å². The molecule has 21 heavy (non-hydrogen) atoms. The average Bonchev–Trinajstić information content (AvgIpc) is 2.54. The number of nitrogens with zero attached hydrogens (tertiary/aromatic N) is 3. The first kappa shape index (κ1) is 15.8. The maximum Gasteiger partial charge on any atom is 0.255 e. The second-order valence-corrected chi connectivity index (χ2v) is 5.63. The van der Waals surface area contributed by atoms with Gasteiger partial charge in [0.05, 0.1) is 12.2 Å². The van der Waals surface area contributed by atoms with E-state index in [9.17, 15) is 4.79 Å². The zero-order valence-corrected chi connectivity index (χ0v) is 13.2. The first-order valence-electron chi connectivity index (χ1n) is 7.61. The van der Waals surface area contributed by atoms with E-state index in [0.29, 0.717) is 11.5 Å². The van der Waals surface area contributed by atoms with Gasteiger partial charge in [-0.3, -0.25) is 4.79 Å². The Kier molecular flexibility index (Phi) is 5.56. The van der Waals surface area contributed by atoms with E-state index in [4.69, 9.17) is 4.74 Å². The first-order chi connectivity index (χ1) is 10.2. The lowest BCUT2D eigenvalue weighted by Gasteiger charge is -2.32. The molecule has 1 amide bonds. The Balaban J connectivity index is 2.02. The second-order valence-electron chi connectivity index (χ2n) is 5.63. The van der Waals surface area contributed by atoms with Gasteiger partial charge in [-0.05, 0) is 37.8 Å². The Morgan fingerprint density at radius 2 is 2.33 bits per heavy atom. The molecule has 0 bridgehead atoms. The summed E-state index contributed by atoms with van der Waals surface area (Å²) in [6.07, 6.45) is 3.86. The number of hydrogen-bond acceptors (Lipinski definition) is 4. The van der Waals surface area contributed by atoms with Gasteiger partial charge >= 0.3 is 0 Å².